The lowest BCUT2D eigenvalue weighted by Crippen LogP contribution is -2.42. The molecule has 2 fully saturated rings. The van der Waals surface area contributed by atoms with Gasteiger partial charge < -0.3 is 18.9 Å². The number of nitrogens with zero attached hydrogens (tertiary/aromatic N) is 2. The van der Waals surface area contributed by atoms with Crippen molar-refractivity contribution in [1.82, 2.24) is 9.47 Å². The maximum atomic E-state index is 13.5. The Labute approximate surface area is 162 Å². The van der Waals surface area contributed by atoms with Crippen LogP contribution in [0.2, 0.25) is 0 Å². The van der Waals surface area contributed by atoms with E-state index < -0.39 is 0 Å². The number of halogens is 1. The minimum Gasteiger partial charge on any atom is -0.376 e. The van der Waals surface area contributed by atoms with E-state index in [2.05, 4.69) is 15.9 Å². The van der Waals surface area contributed by atoms with Crippen molar-refractivity contribution < 1.29 is 14.3 Å². The molecule has 6 heteroatoms. The van der Waals surface area contributed by atoms with Crippen LogP contribution in [0.1, 0.15) is 36.2 Å². The van der Waals surface area contributed by atoms with Gasteiger partial charge >= 0.3 is 0 Å². The molecule has 0 aliphatic carbocycles. The maximum absolute atomic E-state index is 13.5. The van der Waals surface area contributed by atoms with Crippen molar-refractivity contribution in [3.05, 3.63) is 34.4 Å². The highest BCUT2D eigenvalue weighted by atomic mass is 79.9. The average Bonchev–Trinajstić information content (AvgIpc) is 3.38. The monoisotopic (exact) mass is 420 g/mol. The Balaban J connectivity index is 1.64. The zero-order valence-electron chi connectivity index (χ0n) is 15.1. The number of carbonyl (C=O) groups excluding carboxylic acids is 1. The number of para-hydroxylation sites is 1. The molecule has 140 valence electrons. The van der Waals surface area contributed by atoms with Gasteiger partial charge in [0.1, 0.15) is 5.69 Å². The van der Waals surface area contributed by atoms with Gasteiger partial charge in [0.15, 0.2) is 0 Å². The Kier molecular flexibility index (Phi) is 5.34. The highest BCUT2D eigenvalue weighted by Crippen LogP contribution is 2.31. The number of hydrogen-bond donors (Lipinski definition) is 0. The summed E-state index contributed by atoms with van der Waals surface area (Å²) in [6, 6.07) is 8.08. The third-order valence-corrected chi connectivity index (χ3v) is 6.23. The van der Waals surface area contributed by atoms with Gasteiger partial charge in [0, 0.05) is 44.3 Å². The number of amides is 1. The summed E-state index contributed by atoms with van der Waals surface area (Å²) in [4.78, 5) is 15.4. The molecule has 1 aromatic carbocycles. The Morgan fingerprint density at radius 2 is 1.77 bits per heavy atom. The molecule has 0 bridgehead atoms. The summed E-state index contributed by atoms with van der Waals surface area (Å²) in [5, 5.41) is 1.06. The molecule has 1 amide bonds. The smallest absolute Gasteiger partial charge is 0.271 e. The zero-order chi connectivity index (χ0) is 18.1. The van der Waals surface area contributed by atoms with E-state index in [-0.39, 0.29) is 18.1 Å². The molecule has 0 N–H and O–H groups in total. The van der Waals surface area contributed by atoms with Gasteiger partial charge in [-0.25, -0.2) is 0 Å². The summed E-state index contributed by atoms with van der Waals surface area (Å²) < 4.78 is 14.5. The van der Waals surface area contributed by atoms with Gasteiger partial charge in [-0.15, -0.1) is 0 Å². The molecule has 0 radical (unpaired) electrons. The highest BCUT2D eigenvalue weighted by molar-refractivity contribution is 9.10. The van der Waals surface area contributed by atoms with Gasteiger partial charge in [-0.3, -0.25) is 4.79 Å². The van der Waals surface area contributed by atoms with Crippen LogP contribution in [0.3, 0.4) is 0 Å². The lowest BCUT2D eigenvalue weighted by molar-refractivity contribution is 0.0302. The van der Waals surface area contributed by atoms with Crippen molar-refractivity contribution in [2.75, 3.05) is 26.3 Å². The van der Waals surface area contributed by atoms with Crippen molar-refractivity contribution in [3.63, 3.8) is 0 Å². The first kappa shape index (κ1) is 18.0. The van der Waals surface area contributed by atoms with Crippen molar-refractivity contribution in [3.8, 4) is 0 Å². The number of carbonyl (C=O) groups is 1. The Morgan fingerprint density at radius 3 is 2.31 bits per heavy atom. The summed E-state index contributed by atoms with van der Waals surface area (Å²) in [6.07, 6.45) is 4.45. The van der Waals surface area contributed by atoms with Crippen molar-refractivity contribution >= 4 is 32.7 Å². The Hall–Kier alpha value is -1.37. The molecule has 0 spiro atoms. The highest BCUT2D eigenvalue weighted by Gasteiger charge is 2.30. The number of benzene rings is 1. The third kappa shape index (κ3) is 3.42. The van der Waals surface area contributed by atoms with E-state index in [4.69, 9.17) is 9.47 Å². The number of hydrogen-bond acceptors (Lipinski definition) is 3. The SMILES string of the molecule is Cn1c(C(=O)N(CC2CCCO2)CC2CCCO2)c(Br)c2ccccc21. The molecule has 2 saturated heterocycles. The van der Waals surface area contributed by atoms with Crippen LogP contribution in [0.5, 0.6) is 0 Å². The molecule has 2 unspecified atom stereocenters. The van der Waals surface area contributed by atoms with E-state index >= 15 is 0 Å². The standard InChI is InChI=1S/C20H25BrN2O3/c1-22-17-9-3-2-8-16(17)18(21)19(22)20(24)23(12-14-6-4-10-25-14)13-15-7-5-11-26-15/h2-3,8-9,14-15H,4-7,10-13H2,1H3. The predicted molar refractivity (Wildman–Crippen MR) is 104 cm³/mol. The molecule has 0 saturated carbocycles. The summed E-state index contributed by atoms with van der Waals surface area (Å²) in [5.41, 5.74) is 1.75. The second-order valence-corrected chi connectivity index (χ2v) is 8.01. The zero-order valence-corrected chi connectivity index (χ0v) is 16.7. The van der Waals surface area contributed by atoms with Gasteiger partial charge in [0.2, 0.25) is 0 Å². The molecule has 1 aromatic heterocycles. The number of fused-ring (bicyclic) bond motifs is 1. The normalized spacial score (nSPS) is 23.0. The van der Waals surface area contributed by atoms with Gasteiger partial charge in [-0.05, 0) is 47.7 Å². The van der Waals surface area contributed by atoms with E-state index in [0.717, 1.165) is 54.3 Å². The molecule has 3 heterocycles. The first-order chi connectivity index (χ1) is 12.6. The average molecular weight is 421 g/mol. The topological polar surface area (TPSA) is 43.7 Å². The Morgan fingerprint density at radius 1 is 1.15 bits per heavy atom. The number of aryl methyl sites for hydroxylation is 1. The van der Waals surface area contributed by atoms with Crippen molar-refractivity contribution in [2.45, 2.75) is 37.9 Å². The minimum atomic E-state index is 0.0431. The Bertz CT molecular complexity index is 735. The van der Waals surface area contributed by atoms with Gasteiger partial charge in [0.25, 0.3) is 5.91 Å². The van der Waals surface area contributed by atoms with Crippen LogP contribution in [-0.4, -0.2) is 53.9 Å². The van der Waals surface area contributed by atoms with Crippen LogP contribution in [0, 0.1) is 0 Å². The molecule has 2 aromatic rings. The predicted octanol–water partition coefficient (Wildman–Crippen LogP) is 3.74. The molecular weight excluding hydrogens is 396 g/mol. The molecule has 26 heavy (non-hydrogen) atoms. The van der Waals surface area contributed by atoms with Gasteiger partial charge in [-0.2, -0.15) is 0 Å². The summed E-state index contributed by atoms with van der Waals surface area (Å²) >= 11 is 3.67. The van der Waals surface area contributed by atoms with Crippen LogP contribution >= 0.6 is 15.9 Å². The largest absolute Gasteiger partial charge is 0.376 e. The molecule has 4 rings (SSSR count). The second-order valence-electron chi connectivity index (χ2n) is 7.22. The molecule has 2 atom stereocenters. The molecule has 2 aliphatic heterocycles. The van der Waals surface area contributed by atoms with E-state index in [0.29, 0.717) is 18.8 Å². The minimum absolute atomic E-state index is 0.0431. The third-order valence-electron chi connectivity index (χ3n) is 5.43. The van der Waals surface area contributed by atoms with Gasteiger partial charge in [-0.1, -0.05) is 18.2 Å². The summed E-state index contributed by atoms with van der Waals surface area (Å²) in [5.74, 6) is 0.0431. The van der Waals surface area contributed by atoms with Gasteiger partial charge in [0.05, 0.1) is 16.7 Å². The fourth-order valence-electron chi connectivity index (χ4n) is 4.04. The summed E-state index contributed by atoms with van der Waals surface area (Å²) in [6.45, 7) is 2.86. The molecular formula is C20H25BrN2O3. The van der Waals surface area contributed by atoms with Crippen LogP contribution < -0.4 is 0 Å². The van der Waals surface area contributed by atoms with Crippen LogP contribution in [0.25, 0.3) is 10.9 Å². The maximum Gasteiger partial charge on any atom is 0.271 e. The fraction of sp³-hybridized carbons (Fsp3) is 0.550. The van der Waals surface area contributed by atoms with Crippen molar-refractivity contribution in [2.24, 2.45) is 7.05 Å². The van der Waals surface area contributed by atoms with E-state index in [1.807, 2.05) is 40.8 Å². The lowest BCUT2D eigenvalue weighted by Gasteiger charge is -2.28. The first-order valence-corrected chi connectivity index (χ1v) is 10.2. The molecule has 2 aliphatic rings. The van der Waals surface area contributed by atoms with Crippen molar-refractivity contribution in [1.29, 1.82) is 0 Å². The van der Waals surface area contributed by atoms with E-state index in [1.165, 1.54) is 0 Å². The second kappa shape index (κ2) is 7.71. The number of rotatable bonds is 5. The lowest BCUT2D eigenvalue weighted by atomic mass is 10.1. The quantitative estimate of drug-likeness (QED) is 0.739. The van der Waals surface area contributed by atoms with Crippen LogP contribution in [0.4, 0.5) is 0 Å². The number of aromatic nitrogens is 1. The van der Waals surface area contributed by atoms with Crippen LogP contribution in [0.15, 0.2) is 28.7 Å². The molecule has 5 nitrogen and oxygen atoms in total. The van der Waals surface area contributed by atoms with E-state index in [9.17, 15) is 4.79 Å². The van der Waals surface area contributed by atoms with E-state index in [1.54, 1.807) is 0 Å². The first-order valence-electron chi connectivity index (χ1n) is 9.40. The summed E-state index contributed by atoms with van der Waals surface area (Å²) in [7, 11) is 1.96. The van der Waals surface area contributed by atoms with Crippen LogP contribution in [-0.2, 0) is 16.5 Å². The fourth-order valence-corrected chi connectivity index (χ4v) is 4.81. The number of ether oxygens (including phenoxy) is 2.